The lowest BCUT2D eigenvalue weighted by atomic mass is 10.1. The third-order valence-electron chi connectivity index (χ3n) is 5.12. The van der Waals surface area contributed by atoms with Crippen molar-refractivity contribution in [3.8, 4) is 11.5 Å². The van der Waals surface area contributed by atoms with Crippen LogP contribution in [0.15, 0.2) is 34.7 Å². The highest BCUT2D eigenvalue weighted by Gasteiger charge is 2.17. The summed E-state index contributed by atoms with van der Waals surface area (Å²) in [5.74, 6) is 1.87. The average molecular weight is 418 g/mol. The minimum Gasteiger partial charge on any atom is -0.493 e. The molecule has 8 heteroatoms. The number of benzene rings is 1. The van der Waals surface area contributed by atoms with Gasteiger partial charge in [0.25, 0.3) is 0 Å². The van der Waals surface area contributed by atoms with Crippen LogP contribution in [0.25, 0.3) is 0 Å². The first-order valence-corrected chi connectivity index (χ1v) is 10.0. The van der Waals surface area contributed by atoms with E-state index in [0.29, 0.717) is 24.6 Å². The maximum absolute atomic E-state index is 11.7. The number of morpholine rings is 1. The van der Waals surface area contributed by atoms with Crippen molar-refractivity contribution in [3.63, 3.8) is 0 Å². The van der Waals surface area contributed by atoms with Gasteiger partial charge < -0.3 is 23.4 Å². The van der Waals surface area contributed by atoms with E-state index in [1.165, 1.54) is 7.11 Å². The second-order valence-electron chi connectivity index (χ2n) is 7.11. The van der Waals surface area contributed by atoms with Gasteiger partial charge in [-0.15, -0.1) is 0 Å². The summed E-state index contributed by atoms with van der Waals surface area (Å²) in [4.78, 5) is 16.4. The smallest absolute Gasteiger partial charge is 0.373 e. The number of ether oxygens (including phenoxy) is 4. The molecular formula is C22H30N2O6. The normalized spacial score (nSPS) is 14.7. The quantitative estimate of drug-likeness (QED) is 0.545. The molecule has 0 atom stereocenters. The van der Waals surface area contributed by atoms with Gasteiger partial charge in [-0.2, -0.15) is 0 Å². The first-order valence-electron chi connectivity index (χ1n) is 10.0. The molecule has 1 aliphatic rings. The van der Waals surface area contributed by atoms with Crippen LogP contribution in [-0.4, -0.2) is 76.5 Å². The van der Waals surface area contributed by atoms with Crippen molar-refractivity contribution >= 4 is 5.97 Å². The molecule has 1 aromatic carbocycles. The monoisotopic (exact) mass is 418 g/mol. The van der Waals surface area contributed by atoms with Crippen LogP contribution in [0.4, 0.5) is 0 Å². The molecule has 0 radical (unpaired) electrons. The van der Waals surface area contributed by atoms with Crippen LogP contribution in [0.3, 0.4) is 0 Å². The lowest BCUT2D eigenvalue weighted by Crippen LogP contribution is -2.41. The summed E-state index contributed by atoms with van der Waals surface area (Å²) in [6, 6.07) is 9.41. The number of hydrogen-bond acceptors (Lipinski definition) is 8. The van der Waals surface area contributed by atoms with Crippen LogP contribution in [0.1, 0.15) is 21.9 Å². The van der Waals surface area contributed by atoms with Crippen molar-refractivity contribution in [3.05, 3.63) is 47.4 Å². The molecule has 1 fully saturated rings. The Bertz CT molecular complexity index is 816. The second kappa shape index (κ2) is 11.0. The van der Waals surface area contributed by atoms with Crippen molar-refractivity contribution in [2.75, 3.05) is 60.7 Å². The molecule has 8 nitrogen and oxygen atoms in total. The summed E-state index contributed by atoms with van der Waals surface area (Å²) in [6.07, 6.45) is 0. The van der Waals surface area contributed by atoms with Crippen molar-refractivity contribution in [1.29, 1.82) is 0 Å². The highest BCUT2D eigenvalue weighted by molar-refractivity contribution is 5.86. The largest absolute Gasteiger partial charge is 0.493 e. The van der Waals surface area contributed by atoms with Gasteiger partial charge in [-0.1, -0.05) is 6.07 Å². The SMILES string of the molecule is COC(=O)c1ccc(CN(CCN2CCOCC2)Cc2ccc(OC)c(OC)c2)o1. The highest BCUT2D eigenvalue weighted by atomic mass is 16.5. The van der Waals surface area contributed by atoms with E-state index in [0.717, 1.165) is 50.7 Å². The van der Waals surface area contributed by atoms with Crippen LogP contribution in [0.2, 0.25) is 0 Å². The van der Waals surface area contributed by atoms with Gasteiger partial charge in [0.05, 0.1) is 41.1 Å². The molecule has 2 heterocycles. The molecule has 0 unspecified atom stereocenters. The minimum absolute atomic E-state index is 0.215. The third kappa shape index (κ3) is 5.98. The summed E-state index contributed by atoms with van der Waals surface area (Å²) < 4.78 is 26.6. The summed E-state index contributed by atoms with van der Waals surface area (Å²) >= 11 is 0. The number of esters is 1. The van der Waals surface area contributed by atoms with Crippen molar-refractivity contribution < 1.29 is 28.2 Å². The van der Waals surface area contributed by atoms with Crippen LogP contribution in [0.5, 0.6) is 11.5 Å². The molecule has 0 saturated carbocycles. The molecule has 0 N–H and O–H groups in total. The van der Waals surface area contributed by atoms with Gasteiger partial charge in [0, 0.05) is 32.7 Å². The Balaban J connectivity index is 1.71. The molecule has 164 valence electrons. The predicted molar refractivity (Wildman–Crippen MR) is 111 cm³/mol. The van der Waals surface area contributed by atoms with E-state index in [1.807, 2.05) is 24.3 Å². The third-order valence-corrected chi connectivity index (χ3v) is 5.12. The topological polar surface area (TPSA) is 73.6 Å². The zero-order chi connectivity index (χ0) is 21.3. The van der Waals surface area contributed by atoms with Gasteiger partial charge in [-0.3, -0.25) is 9.80 Å². The van der Waals surface area contributed by atoms with Crippen LogP contribution in [0, 0.1) is 0 Å². The molecule has 1 aliphatic heterocycles. The Kier molecular flexibility index (Phi) is 8.12. The zero-order valence-electron chi connectivity index (χ0n) is 17.9. The van der Waals surface area contributed by atoms with Gasteiger partial charge in [0.1, 0.15) is 5.76 Å². The summed E-state index contributed by atoms with van der Waals surface area (Å²) in [6.45, 7) is 6.50. The van der Waals surface area contributed by atoms with Gasteiger partial charge in [0.15, 0.2) is 11.5 Å². The number of methoxy groups -OCH3 is 3. The van der Waals surface area contributed by atoms with E-state index in [9.17, 15) is 4.79 Å². The Morgan fingerprint density at radius 2 is 1.80 bits per heavy atom. The lowest BCUT2D eigenvalue weighted by Gasteiger charge is -2.30. The number of furan rings is 1. The Morgan fingerprint density at radius 3 is 2.50 bits per heavy atom. The number of hydrogen-bond donors (Lipinski definition) is 0. The van der Waals surface area contributed by atoms with E-state index >= 15 is 0 Å². The fourth-order valence-corrected chi connectivity index (χ4v) is 3.45. The number of rotatable bonds is 10. The molecule has 3 rings (SSSR count). The van der Waals surface area contributed by atoms with Crippen LogP contribution < -0.4 is 9.47 Å². The van der Waals surface area contributed by atoms with Crippen molar-refractivity contribution in [1.82, 2.24) is 9.80 Å². The number of carbonyl (C=O) groups is 1. The fraction of sp³-hybridized carbons (Fsp3) is 0.500. The van der Waals surface area contributed by atoms with Gasteiger partial charge in [0.2, 0.25) is 5.76 Å². The highest BCUT2D eigenvalue weighted by Crippen LogP contribution is 2.28. The predicted octanol–water partition coefficient (Wildman–Crippen LogP) is 2.42. The standard InChI is InChI=1S/C22H30N2O6/c1-26-19-6-4-17(14-21(19)27-2)15-24(9-8-23-10-12-29-13-11-23)16-18-5-7-20(30-18)22(25)28-3/h4-7,14H,8-13,15-16H2,1-3H3. The van der Waals surface area contributed by atoms with E-state index in [2.05, 4.69) is 9.80 Å². The number of nitrogens with zero attached hydrogens (tertiary/aromatic N) is 2. The maximum atomic E-state index is 11.7. The van der Waals surface area contributed by atoms with E-state index in [1.54, 1.807) is 20.3 Å². The van der Waals surface area contributed by atoms with Crippen LogP contribution in [-0.2, 0) is 22.6 Å². The minimum atomic E-state index is -0.471. The van der Waals surface area contributed by atoms with Gasteiger partial charge >= 0.3 is 5.97 Å². The summed E-state index contributed by atoms with van der Waals surface area (Å²) in [5, 5.41) is 0. The average Bonchev–Trinajstić information content (AvgIpc) is 3.26. The Hall–Kier alpha value is -2.55. The van der Waals surface area contributed by atoms with Crippen LogP contribution >= 0.6 is 0 Å². The second-order valence-corrected chi connectivity index (χ2v) is 7.11. The first kappa shape index (κ1) is 22.1. The number of carbonyl (C=O) groups excluding carboxylic acids is 1. The molecule has 0 bridgehead atoms. The first-order chi connectivity index (χ1) is 14.6. The fourth-order valence-electron chi connectivity index (χ4n) is 3.45. The van der Waals surface area contributed by atoms with Gasteiger partial charge in [-0.05, 0) is 29.8 Å². The Morgan fingerprint density at radius 1 is 1.03 bits per heavy atom. The molecule has 2 aromatic rings. The Labute approximate surface area is 177 Å². The molecule has 1 aromatic heterocycles. The summed E-state index contributed by atoms with van der Waals surface area (Å²) in [5.41, 5.74) is 1.11. The van der Waals surface area contributed by atoms with E-state index in [4.69, 9.17) is 23.4 Å². The van der Waals surface area contributed by atoms with Gasteiger partial charge in [-0.25, -0.2) is 4.79 Å². The molecule has 0 amide bonds. The van der Waals surface area contributed by atoms with E-state index in [-0.39, 0.29) is 5.76 Å². The zero-order valence-corrected chi connectivity index (χ0v) is 17.9. The molecule has 0 spiro atoms. The molecule has 30 heavy (non-hydrogen) atoms. The lowest BCUT2D eigenvalue weighted by molar-refractivity contribution is 0.0320. The maximum Gasteiger partial charge on any atom is 0.373 e. The van der Waals surface area contributed by atoms with E-state index < -0.39 is 5.97 Å². The molecular weight excluding hydrogens is 388 g/mol. The van der Waals surface area contributed by atoms with Crippen molar-refractivity contribution in [2.24, 2.45) is 0 Å². The summed E-state index contributed by atoms with van der Waals surface area (Å²) in [7, 11) is 4.60. The molecule has 1 saturated heterocycles. The molecule has 0 aliphatic carbocycles. The van der Waals surface area contributed by atoms with Crippen molar-refractivity contribution in [2.45, 2.75) is 13.1 Å².